The molecule has 6 nitrogen and oxygen atoms in total. The summed E-state index contributed by atoms with van der Waals surface area (Å²) in [6, 6.07) is 6.68. The van der Waals surface area contributed by atoms with Crippen molar-refractivity contribution in [1.29, 1.82) is 0 Å². The molecule has 0 heterocycles. The third-order valence-electron chi connectivity index (χ3n) is 3.07. The van der Waals surface area contributed by atoms with Crippen LogP contribution in [0.5, 0.6) is 0 Å². The fourth-order valence-corrected chi connectivity index (χ4v) is 1.92. The first-order valence-corrected chi connectivity index (χ1v) is 8.40. The van der Waals surface area contributed by atoms with Crippen LogP contribution >= 0.6 is 0 Å². The molecule has 0 aliphatic rings. The van der Waals surface area contributed by atoms with Crippen LogP contribution in [0.3, 0.4) is 0 Å². The van der Waals surface area contributed by atoms with Gasteiger partial charge in [-0.15, -0.1) is 0 Å². The number of nitrogens with one attached hydrogen (secondary N) is 2. The van der Waals surface area contributed by atoms with Gasteiger partial charge in [-0.25, -0.2) is 4.79 Å². The Kier molecular flexibility index (Phi) is 8.55. The topological polar surface area (TPSA) is 76.7 Å². The van der Waals surface area contributed by atoms with Gasteiger partial charge in [-0.3, -0.25) is 4.79 Å². The quantitative estimate of drug-likeness (QED) is 0.714. The van der Waals surface area contributed by atoms with Gasteiger partial charge in [-0.2, -0.15) is 13.2 Å². The maximum Gasteiger partial charge on any atom is 0.411 e. The lowest BCUT2D eigenvalue weighted by Gasteiger charge is -2.19. The molecule has 0 atom stereocenters. The van der Waals surface area contributed by atoms with E-state index in [1.165, 1.54) is 0 Å². The first-order chi connectivity index (χ1) is 12.4. The lowest BCUT2D eigenvalue weighted by Crippen LogP contribution is -2.35. The maximum absolute atomic E-state index is 12.0. The molecule has 1 aromatic rings. The molecule has 0 bridgehead atoms. The Morgan fingerprint density at radius 2 is 1.59 bits per heavy atom. The Labute approximate surface area is 156 Å². The number of carbonyl (C=O) groups excluding carboxylic acids is 2. The highest BCUT2D eigenvalue weighted by atomic mass is 19.4. The van der Waals surface area contributed by atoms with Crippen molar-refractivity contribution in [2.24, 2.45) is 0 Å². The number of halogens is 3. The minimum atomic E-state index is -4.34. The van der Waals surface area contributed by atoms with Crippen LogP contribution in [0, 0.1) is 0 Å². The number of alkyl carbamates (subject to hydrolysis) is 1. The summed E-state index contributed by atoms with van der Waals surface area (Å²) >= 11 is 0. The van der Waals surface area contributed by atoms with Gasteiger partial charge in [0.05, 0.1) is 6.61 Å². The molecule has 9 heteroatoms. The zero-order chi connectivity index (χ0) is 20.5. The van der Waals surface area contributed by atoms with Crippen molar-refractivity contribution < 1.29 is 32.2 Å². The molecule has 1 rings (SSSR count). The van der Waals surface area contributed by atoms with Gasteiger partial charge in [0.2, 0.25) is 5.91 Å². The molecule has 27 heavy (non-hydrogen) atoms. The standard InChI is InChI=1S/C18H25F3N2O4/c1-17(2,3)27-16(25)22-9-8-15(24)23-10-13-4-6-14(7-5-13)11-26-12-18(19,20)21/h4-7H,8-12H2,1-3H3,(H,22,25)(H,23,24). The van der Waals surface area contributed by atoms with E-state index in [4.69, 9.17) is 4.74 Å². The van der Waals surface area contributed by atoms with Gasteiger partial charge >= 0.3 is 12.3 Å². The second-order valence-electron chi connectivity index (χ2n) is 6.88. The molecule has 2 amide bonds. The van der Waals surface area contributed by atoms with E-state index in [0.717, 1.165) is 5.56 Å². The Hall–Kier alpha value is -2.29. The maximum atomic E-state index is 12.0. The molecular weight excluding hydrogens is 365 g/mol. The Morgan fingerprint density at radius 3 is 2.15 bits per heavy atom. The van der Waals surface area contributed by atoms with Gasteiger partial charge in [0.15, 0.2) is 0 Å². The molecular formula is C18H25F3N2O4. The zero-order valence-electron chi connectivity index (χ0n) is 15.6. The minimum absolute atomic E-state index is 0.0998. The smallest absolute Gasteiger partial charge is 0.411 e. The number of hydrogen-bond donors (Lipinski definition) is 2. The Morgan fingerprint density at radius 1 is 1.00 bits per heavy atom. The third kappa shape index (κ3) is 11.8. The summed E-state index contributed by atoms with van der Waals surface area (Å²) in [4.78, 5) is 23.2. The summed E-state index contributed by atoms with van der Waals surface area (Å²) in [7, 11) is 0. The normalized spacial score (nSPS) is 11.8. The molecule has 0 saturated heterocycles. The molecule has 0 fully saturated rings. The highest BCUT2D eigenvalue weighted by Gasteiger charge is 2.27. The molecule has 0 radical (unpaired) electrons. The van der Waals surface area contributed by atoms with Gasteiger partial charge in [0.1, 0.15) is 12.2 Å². The van der Waals surface area contributed by atoms with Crippen molar-refractivity contribution >= 4 is 12.0 Å². The van der Waals surface area contributed by atoms with Crippen LogP contribution in [0.1, 0.15) is 38.3 Å². The molecule has 0 saturated carbocycles. The van der Waals surface area contributed by atoms with Gasteiger partial charge < -0.3 is 20.1 Å². The number of hydrogen-bond acceptors (Lipinski definition) is 4. The second-order valence-corrected chi connectivity index (χ2v) is 6.88. The van der Waals surface area contributed by atoms with E-state index in [9.17, 15) is 22.8 Å². The predicted molar refractivity (Wildman–Crippen MR) is 92.9 cm³/mol. The predicted octanol–water partition coefficient (Wildman–Crippen LogP) is 3.30. The van der Waals surface area contributed by atoms with E-state index in [2.05, 4.69) is 15.4 Å². The second kappa shape index (κ2) is 10.1. The van der Waals surface area contributed by atoms with E-state index < -0.39 is 24.5 Å². The fourth-order valence-electron chi connectivity index (χ4n) is 1.92. The van der Waals surface area contributed by atoms with Crippen LogP contribution in [-0.2, 0) is 27.4 Å². The van der Waals surface area contributed by atoms with E-state index in [0.29, 0.717) is 5.56 Å². The van der Waals surface area contributed by atoms with Crippen molar-refractivity contribution in [3.63, 3.8) is 0 Å². The van der Waals surface area contributed by atoms with Crippen molar-refractivity contribution in [1.82, 2.24) is 10.6 Å². The van der Waals surface area contributed by atoms with Crippen molar-refractivity contribution in [2.45, 2.75) is 52.1 Å². The summed E-state index contributed by atoms with van der Waals surface area (Å²) in [5, 5.41) is 5.18. The van der Waals surface area contributed by atoms with Crippen LogP contribution in [0.25, 0.3) is 0 Å². The number of alkyl halides is 3. The highest BCUT2D eigenvalue weighted by Crippen LogP contribution is 2.15. The molecule has 0 aliphatic carbocycles. The number of carbonyl (C=O) groups is 2. The highest BCUT2D eigenvalue weighted by molar-refractivity contribution is 5.77. The molecule has 0 unspecified atom stereocenters. The van der Waals surface area contributed by atoms with Crippen LogP contribution in [0.2, 0.25) is 0 Å². The van der Waals surface area contributed by atoms with Gasteiger partial charge in [0.25, 0.3) is 0 Å². The van der Waals surface area contributed by atoms with Crippen molar-refractivity contribution in [3.8, 4) is 0 Å². The minimum Gasteiger partial charge on any atom is -0.444 e. The SMILES string of the molecule is CC(C)(C)OC(=O)NCCC(=O)NCc1ccc(COCC(F)(F)F)cc1. The summed E-state index contributed by atoms with van der Waals surface area (Å²) in [5.74, 6) is -0.247. The van der Waals surface area contributed by atoms with Gasteiger partial charge in [-0.05, 0) is 31.9 Å². The van der Waals surface area contributed by atoms with E-state index in [-0.39, 0.29) is 32.0 Å². The molecule has 0 aromatic heterocycles. The number of rotatable bonds is 8. The zero-order valence-corrected chi connectivity index (χ0v) is 15.6. The van der Waals surface area contributed by atoms with E-state index >= 15 is 0 Å². The number of amides is 2. The molecule has 0 aliphatic heterocycles. The van der Waals surface area contributed by atoms with Crippen LogP contribution in [0.4, 0.5) is 18.0 Å². The first-order valence-electron chi connectivity index (χ1n) is 8.40. The molecule has 1 aromatic carbocycles. The Balaban J connectivity index is 2.25. The van der Waals surface area contributed by atoms with Crippen LogP contribution in [-0.4, -0.2) is 36.9 Å². The number of benzene rings is 1. The van der Waals surface area contributed by atoms with Gasteiger partial charge in [-0.1, -0.05) is 24.3 Å². The lowest BCUT2D eigenvalue weighted by atomic mass is 10.1. The largest absolute Gasteiger partial charge is 0.444 e. The Bertz CT molecular complexity index is 611. The lowest BCUT2D eigenvalue weighted by molar-refractivity contribution is -0.176. The van der Waals surface area contributed by atoms with Crippen LogP contribution < -0.4 is 10.6 Å². The van der Waals surface area contributed by atoms with Crippen LogP contribution in [0.15, 0.2) is 24.3 Å². The third-order valence-corrected chi connectivity index (χ3v) is 3.07. The van der Waals surface area contributed by atoms with E-state index in [1.807, 2.05) is 0 Å². The first kappa shape index (κ1) is 22.8. The van der Waals surface area contributed by atoms with Crippen molar-refractivity contribution in [2.75, 3.05) is 13.2 Å². The fraction of sp³-hybridized carbons (Fsp3) is 0.556. The summed E-state index contributed by atoms with van der Waals surface area (Å²) in [6.07, 6.45) is -4.83. The molecule has 152 valence electrons. The van der Waals surface area contributed by atoms with Gasteiger partial charge in [0, 0.05) is 19.5 Å². The summed E-state index contributed by atoms with van der Waals surface area (Å²) in [6.45, 7) is 4.23. The molecule has 2 N–H and O–H groups in total. The monoisotopic (exact) mass is 390 g/mol. The van der Waals surface area contributed by atoms with Crippen molar-refractivity contribution in [3.05, 3.63) is 35.4 Å². The molecule has 0 spiro atoms. The van der Waals surface area contributed by atoms with E-state index in [1.54, 1.807) is 45.0 Å². The average Bonchev–Trinajstić information content (AvgIpc) is 2.51. The summed E-state index contributed by atoms with van der Waals surface area (Å²) in [5.41, 5.74) is 0.801. The number of ether oxygens (including phenoxy) is 2. The average molecular weight is 390 g/mol. The summed E-state index contributed by atoms with van der Waals surface area (Å²) < 4.78 is 45.7.